The Morgan fingerprint density at radius 2 is 2.13 bits per heavy atom. The molecule has 0 aliphatic rings. The van der Waals surface area contributed by atoms with Crippen molar-refractivity contribution in [3.8, 4) is 0 Å². The fourth-order valence-electron chi connectivity index (χ4n) is 1.14. The summed E-state index contributed by atoms with van der Waals surface area (Å²) in [5.41, 5.74) is 2.18. The van der Waals surface area contributed by atoms with Gasteiger partial charge in [-0.15, -0.1) is 10.2 Å². The van der Waals surface area contributed by atoms with Gasteiger partial charge >= 0.3 is 0 Å². The second-order valence-electron chi connectivity index (χ2n) is 3.31. The fourth-order valence-corrected chi connectivity index (χ4v) is 1.72. The van der Waals surface area contributed by atoms with Crippen molar-refractivity contribution in [2.75, 3.05) is 5.32 Å². The Bertz CT molecular complexity index is 435. The van der Waals surface area contributed by atoms with E-state index in [0.717, 1.165) is 15.8 Å². The first-order valence-electron chi connectivity index (χ1n) is 4.69. The van der Waals surface area contributed by atoms with Crippen LogP contribution in [-0.2, 0) is 6.54 Å². The molecule has 0 radical (unpaired) electrons. The van der Waals surface area contributed by atoms with Crippen LogP contribution in [0.3, 0.4) is 0 Å². The maximum absolute atomic E-state index is 4.29. The molecule has 15 heavy (non-hydrogen) atoms. The van der Waals surface area contributed by atoms with E-state index >= 15 is 0 Å². The van der Waals surface area contributed by atoms with Crippen molar-refractivity contribution in [1.29, 1.82) is 0 Å². The lowest BCUT2D eigenvalue weighted by atomic mass is 10.3. The van der Waals surface area contributed by atoms with Gasteiger partial charge in [-0.25, -0.2) is 0 Å². The van der Waals surface area contributed by atoms with Crippen LogP contribution in [0.2, 0.25) is 0 Å². The van der Waals surface area contributed by atoms with Gasteiger partial charge in [0.2, 0.25) is 5.13 Å². The molecule has 2 aromatic heterocycles. The molecule has 0 aromatic carbocycles. The van der Waals surface area contributed by atoms with Crippen LogP contribution < -0.4 is 5.32 Å². The smallest absolute Gasteiger partial charge is 0.205 e. The van der Waals surface area contributed by atoms with E-state index < -0.39 is 0 Å². The molecule has 2 aromatic rings. The lowest BCUT2D eigenvalue weighted by Crippen LogP contribution is -2.01. The molecule has 0 amide bonds. The molecule has 0 fully saturated rings. The zero-order valence-corrected chi connectivity index (χ0v) is 9.51. The van der Waals surface area contributed by atoms with Crippen LogP contribution in [0.4, 0.5) is 5.13 Å². The fraction of sp³-hybridized carbons (Fsp3) is 0.300. The number of aromatic nitrogens is 3. The van der Waals surface area contributed by atoms with E-state index in [0.29, 0.717) is 6.54 Å². The molecule has 0 saturated heterocycles. The van der Waals surface area contributed by atoms with Gasteiger partial charge in [-0.1, -0.05) is 17.4 Å². The quantitative estimate of drug-likeness (QED) is 0.861. The summed E-state index contributed by atoms with van der Waals surface area (Å²) in [6.07, 6.45) is 1.86. The van der Waals surface area contributed by atoms with Crippen molar-refractivity contribution in [1.82, 2.24) is 15.2 Å². The second kappa shape index (κ2) is 4.35. The minimum absolute atomic E-state index is 0.689. The van der Waals surface area contributed by atoms with E-state index in [1.807, 2.05) is 26.1 Å². The second-order valence-corrected chi connectivity index (χ2v) is 4.49. The molecule has 0 aliphatic carbocycles. The largest absolute Gasteiger partial charge is 0.354 e. The summed E-state index contributed by atoms with van der Waals surface area (Å²) in [7, 11) is 0. The number of pyridine rings is 1. The highest BCUT2D eigenvalue weighted by atomic mass is 32.1. The van der Waals surface area contributed by atoms with Gasteiger partial charge in [-0.2, -0.15) is 0 Å². The van der Waals surface area contributed by atoms with Gasteiger partial charge in [0.15, 0.2) is 0 Å². The van der Waals surface area contributed by atoms with Crippen LogP contribution in [0.25, 0.3) is 0 Å². The third-order valence-corrected chi connectivity index (χ3v) is 2.72. The third-order valence-electron chi connectivity index (χ3n) is 1.92. The Hall–Kier alpha value is -1.49. The van der Waals surface area contributed by atoms with E-state index in [-0.39, 0.29) is 0 Å². The Labute approximate surface area is 92.4 Å². The number of nitrogens with zero attached hydrogens (tertiary/aromatic N) is 3. The summed E-state index contributed by atoms with van der Waals surface area (Å²) in [6, 6.07) is 4.06. The van der Waals surface area contributed by atoms with Gasteiger partial charge in [-0.05, 0) is 25.5 Å². The average Bonchev–Trinajstić information content (AvgIpc) is 2.64. The van der Waals surface area contributed by atoms with Crippen molar-refractivity contribution in [3.63, 3.8) is 0 Å². The number of nitrogens with one attached hydrogen (secondary N) is 1. The maximum Gasteiger partial charge on any atom is 0.205 e. The predicted octanol–water partition coefficient (Wildman–Crippen LogP) is 2.16. The summed E-state index contributed by atoms with van der Waals surface area (Å²) >= 11 is 1.55. The highest BCUT2D eigenvalue weighted by Crippen LogP contribution is 2.14. The zero-order valence-electron chi connectivity index (χ0n) is 8.69. The van der Waals surface area contributed by atoms with E-state index in [1.165, 1.54) is 5.56 Å². The molecule has 0 aliphatic heterocycles. The van der Waals surface area contributed by atoms with Gasteiger partial charge in [-0.3, -0.25) is 4.98 Å². The minimum Gasteiger partial charge on any atom is -0.354 e. The molecule has 0 spiro atoms. The molecular formula is C10H12N4S. The first kappa shape index (κ1) is 10.0. The van der Waals surface area contributed by atoms with Gasteiger partial charge in [0, 0.05) is 6.20 Å². The van der Waals surface area contributed by atoms with E-state index in [1.54, 1.807) is 11.3 Å². The van der Waals surface area contributed by atoms with Crippen LogP contribution in [0.5, 0.6) is 0 Å². The van der Waals surface area contributed by atoms with Crippen molar-refractivity contribution in [2.45, 2.75) is 20.4 Å². The highest BCUT2D eigenvalue weighted by Gasteiger charge is 1.99. The number of hydrogen-bond donors (Lipinski definition) is 1. The summed E-state index contributed by atoms with van der Waals surface area (Å²) in [4.78, 5) is 4.29. The molecule has 78 valence electrons. The van der Waals surface area contributed by atoms with E-state index in [2.05, 4.69) is 26.6 Å². The van der Waals surface area contributed by atoms with E-state index in [4.69, 9.17) is 0 Å². The van der Waals surface area contributed by atoms with Gasteiger partial charge in [0.25, 0.3) is 0 Å². The topological polar surface area (TPSA) is 50.7 Å². The Kier molecular flexibility index (Phi) is 2.91. The molecule has 4 nitrogen and oxygen atoms in total. The highest BCUT2D eigenvalue weighted by molar-refractivity contribution is 7.15. The lowest BCUT2D eigenvalue weighted by molar-refractivity contribution is 0.996. The Morgan fingerprint density at radius 3 is 2.73 bits per heavy atom. The molecular weight excluding hydrogens is 208 g/mol. The molecule has 2 rings (SSSR count). The maximum atomic E-state index is 4.29. The summed E-state index contributed by atoms with van der Waals surface area (Å²) in [5.74, 6) is 0. The average molecular weight is 220 g/mol. The van der Waals surface area contributed by atoms with Crippen LogP contribution in [0.1, 0.15) is 16.3 Å². The van der Waals surface area contributed by atoms with Gasteiger partial charge in [0.1, 0.15) is 5.01 Å². The van der Waals surface area contributed by atoms with Crippen LogP contribution >= 0.6 is 11.3 Å². The normalized spacial score (nSPS) is 10.3. The standard InChI is InChI=1S/C10H12N4S/c1-7-3-4-9(11-5-7)6-12-10-14-13-8(2)15-10/h3-5H,6H2,1-2H3,(H,12,14). The lowest BCUT2D eigenvalue weighted by Gasteiger charge is -2.01. The van der Waals surface area contributed by atoms with Crippen molar-refractivity contribution in [3.05, 3.63) is 34.6 Å². The van der Waals surface area contributed by atoms with Gasteiger partial charge in [0.05, 0.1) is 12.2 Å². The molecule has 0 atom stereocenters. The zero-order chi connectivity index (χ0) is 10.7. The monoisotopic (exact) mass is 220 g/mol. The Morgan fingerprint density at radius 1 is 1.27 bits per heavy atom. The number of aryl methyl sites for hydroxylation is 2. The molecule has 1 N–H and O–H groups in total. The molecule has 0 unspecified atom stereocenters. The summed E-state index contributed by atoms with van der Waals surface area (Å²) in [5, 5.41) is 12.9. The van der Waals surface area contributed by atoms with Gasteiger partial charge < -0.3 is 5.32 Å². The number of hydrogen-bond acceptors (Lipinski definition) is 5. The van der Waals surface area contributed by atoms with Crippen LogP contribution in [-0.4, -0.2) is 15.2 Å². The van der Waals surface area contributed by atoms with Crippen molar-refractivity contribution >= 4 is 16.5 Å². The number of rotatable bonds is 3. The third kappa shape index (κ3) is 2.73. The molecule has 5 heteroatoms. The molecule has 2 heterocycles. The van der Waals surface area contributed by atoms with E-state index in [9.17, 15) is 0 Å². The molecule has 0 saturated carbocycles. The van der Waals surface area contributed by atoms with Crippen molar-refractivity contribution < 1.29 is 0 Å². The SMILES string of the molecule is Cc1ccc(CNc2nnc(C)s2)nc1. The first-order chi connectivity index (χ1) is 7.24. The molecule has 0 bridgehead atoms. The van der Waals surface area contributed by atoms with Crippen LogP contribution in [0, 0.1) is 13.8 Å². The Balaban J connectivity index is 1.96. The number of anilines is 1. The first-order valence-corrected chi connectivity index (χ1v) is 5.51. The van der Waals surface area contributed by atoms with Crippen LogP contribution in [0.15, 0.2) is 18.3 Å². The predicted molar refractivity (Wildman–Crippen MR) is 60.9 cm³/mol. The van der Waals surface area contributed by atoms with Crippen molar-refractivity contribution in [2.24, 2.45) is 0 Å². The summed E-state index contributed by atoms with van der Waals surface area (Å²) in [6.45, 7) is 4.65. The summed E-state index contributed by atoms with van der Waals surface area (Å²) < 4.78 is 0. The minimum atomic E-state index is 0.689.